The Labute approximate surface area is 124 Å². The van der Waals surface area contributed by atoms with Crippen LogP contribution in [0.1, 0.15) is 26.7 Å². The first kappa shape index (κ1) is 15.2. The molecule has 20 heavy (non-hydrogen) atoms. The van der Waals surface area contributed by atoms with Gasteiger partial charge in [0.05, 0.1) is 18.1 Å². The highest BCUT2D eigenvalue weighted by Gasteiger charge is 2.09. The van der Waals surface area contributed by atoms with Gasteiger partial charge in [-0.15, -0.1) is 0 Å². The van der Waals surface area contributed by atoms with Gasteiger partial charge in [-0.3, -0.25) is 0 Å². The van der Waals surface area contributed by atoms with Crippen molar-refractivity contribution in [1.82, 2.24) is 15.3 Å². The molecule has 110 valence electrons. The van der Waals surface area contributed by atoms with Crippen LogP contribution < -0.4 is 10.1 Å². The molecule has 1 aromatic carbocycles. The number of rotatable bonds is 8. The number of fused-ring (bicyclic) bond motifs is 1. The van der Waals surface area contributed by atoms with Crippen LogP contribution in [0.5, 0.6) is 5.75 Å². The summed E-state index contributed by atoms with van der Waals surface area (Å²) in [4.78, 5) is 7.94. The summed E-state index contributed by atoms with van der Waals surface area (Å²) in [5.74, 6) is 0.854. The van der Waals surface area contributed by atoms with E-state index in [1.54, 1.807) is 18.9 Å². The molecule has 0 spiro atoms. The second kappa shape index (κ2) is 7.55. The van der Waals surface area contributed by atoms with Gasteiger partial charge < -0.3 is 15.0 Å². The number of nitrogens with one attached hydrogen (secondary N) is 2. The van der Waals surface area contributed by atoms with Crippen LogP contribution >= 0.6 is 11.8 Å². The SMILES string of the molecule is CCCCNCC(C)Sc1nc2ccc(OC)cc2[nH]1. The molecule has 0 aliphatic carbocycles. The molecule has 0 aliphatic heterocycles. The van der Waals surface area contributed by atoms with E-state index in [1.807, 2.05) is 18.2 Å². The second-order valence-corrected chi connectivity index (χ2v) is 6.34. The van der Waals surface area contributed by atoms with E-state index in [4.69, 9.17) is 4.74 Å². The van der Waals surface area contributed by atoms with Crippen LogP contribution in [0.25, 0.3) is 11.0 Å². The highest BCUT2D eigenvalue weighted by molar-refractivity contribution is 7.99. The van der Waals surface area contributed by atoms with Gasteiger partial charge in [0.1, 0.15) is 5.75 Å². The highest BCUT2D eigenvalue weighted by atomic mass is 32.2. The summed E-state index contributed by atoms with van der Waals surface area (Å²) in [5, 5.41) is 4.94. The molecule has 0 saturated heterocycles. The Hall–Kier alpha value is -1.20. The first-order chi connectivity index (χ1) is 9.72. The standard InChI is InChI=1S/C15H23N3OS/c1-4-5-8-16-10-11(2)20-15-17-13-7-6-12(19-3)9-14(13)18-15/h6-7,9,11,16H,4-5,8,10H2,1-3H3,(H,17,18). The molecule has 2 aromatic rings. The zero-order chi connectivity index (χ0) is 14.4. The number of imidazole rings is 1. The minimum absolute atomic E-state index is 0.495. The summed E-state index contributed by atoms with van der Waals surface area (Å²) in [6.07, 6.45) is 2.47. The molecule has 1 heterocycles. The minimum atomic E-state index is 0.495. The molecule has 4 nitrogen and oxygen atoms in total. The molecule has 2 N–H and O–H groups in total. The first-order valence-corrected chi connectivity index (χ1v) is 8.02. The van der Waals surface area contributed by atoms with Crippen molar-refractivity contribution in [2.24, 2.45) is 0 Å². The van der Waals surface area contributed by atoms with E-state index in [2.05, 4.69) is 29.1 Å². The Morgan fingerprint density at radius 1 is 1.45 bits per heavy atom. The fraction of sp³-hybridized carbons (Fsp3) is 0.533. The number of aromatic amines is 1. The lowest BCUT2D eigenvalue weighted by atomic mass is 10.3. The lowest BCUT2D eigenvalue weighted by Crippen LogP contribution is -2.23. The smallest absolute Gasteiger partial charge is 0.166 e. The zero-order valence-electron chi connectivity index (χ0n) is 12.4. The van der Waals surface area contributed by atoms with Crippen LogP contribution in [0.2, 0.25) is 0 Å². The van der Waals surface area contributed by atoms with Crippen LogP contribution in [0.15, 0.2) is 23.4 Å². The molecule has 0 saturated carbocycles. The molecule has 0 aliphatic rings. The number of benzene rings is 1. The maximum absolute atomic E-state index is 5.22. The molecule has 0 radical (unpaired) electrons. The van der Waals surface area contributed by atoms with Crippen LogP contribution in [0.4, 0.5) is 0 Å². The largest absolute Gasteiger partial charge is 0.497 e. The van der Waals surface area contributed by atoms with E-state index < -0.39 is 0 Å². The van der Waals surface area contributed by atoms with Gasteiger partial charge in [-0.05, 0) is 25.1 Å². The van der Waals surface area contributed by atoms with Gasteiger partial charge in [-0.2, -0.15) is 0 Å². The van der Waals surface area contributed by atoms with Gasteiger partial charge >= 0.3 is 0 Å². The lowest BCUT2D eigenvalue weighted by molar-refractivity contribution is 0.415. The third-order valence-electron chi connectivity index (χ3n) is 3.12. The summed E-state index contributed by atoms with van der Waals surface area (Å²) in [6, 6.07) is 5.91. The molecular formula is C15H23N3OS. The zero-order valence-corrected chi connectivity index (χ0v) is 13.2. The van der Waals surface area contributed by atoms with E-state index in [0.717, 1.165) is 35.0 Å². The monoisotopic (exact) mass is 293 g/mol. The number of methoxy groups -OCH3 is 1. The van der Waals surface area contributed by atoms with E-state index in [0.29, 0.717) is 5.25 Å². The van der Waals surface area contributed by atoms with Crippen molar-refractivity contribution in [2.75, 3.05) is 20.2 Å². The van der Waals surface area contributed by atoms with Crippen molar-refractivity contribution in [1.29, 1.82) is 0 Å². The summed E-state index contributed by atoms with van der Waals surface area (Å²) in [5.41, 5.74) is 2.01. The first-order valence-electron chi connectivity index (χ1n) is 7.14. The second-order valence-electron chi connectivity index (χ2n) is 4.91. The molecule has 5 heteroatoms. The van der Waals surface area contributed by atoms with E-state index >= 15 is 0 Å². The fourth-order valence-corrected chi connectivity index (χ4v) is 2.89. The number of ether oxygens (including phenoxy) is 1. The molecule has 1 unspecified atom stereocenters. The predicted octanol–water partition coefficient (Wildman–Crippen LogP) is 3.44. The maximum Gasteiger partial charge on any atom is 0.166 e. The number of aromatic nitrogens is 2. The van der Waals surface area contributed by atoms with Crippen LogP contribution in [0.3, 0.4) is 0 Å². The average molecular weight is 293 g/mol. The van der Waals surface area contributed by atoms with Crippen LogP contribution in [-0.2, 0) is 0 Å². The number of thioether (sulfide) groups is 1. The van der Waals surface area contributed by atoms with Gasteiger partial charge in [0.2, 0.25) is 0 Å². The molecule has 0 amide bonds. The number of nitrogens with zero attached hydrogens (tertiary/aromatic N) is 1. The third-order valence-corrected chi connectivity index (χ3v) is 4.10. The molecule has 2 rings (SSSR count). The summed E-state index contributed by atoms with van der Waals surface area (Å²) in [6.45, 7) is 6.53. The summed E-state index contributed by atoms with van der Waals surface area (Å²) >= 11 is 1.77. The molecule has 0 bridgehead atoms. The minimum Gasteiger partial charge on any atom is -0.497 e. The van der Waals surface area contributed by atoms with Crippen molar-refractivity contribution < 1.29 is 4.74 Å². The van der Waals surface area contributed by atoms with Crippen molar-refractivity contribution >= 4 is 22.8 Å². The van der Waals surface area contributed by atoms with Gasteiger partial charge in [0, 0.05) is 17.9 Å². The Morgan fingerprint density at radius 3 is 3.05 bits per heavy atom. The van der Waals surface area contributed by atoms with Crippen molar-refractivity contribution in [3.8, 4) is 5.75 Å². The molecular weight excluding hydrogens is 270 g/mol. The average Bonchev–Trinajstić information content (AvgIpc) is 2.84. The topological polar surface area (TPSA) is 49.9 Å². The highest BCUT2D eigenvalue weighted by Crippen LogP contribution is 2.25. The number of hydrogen-bond donors (Lipinski definition) is 2. The predicted molar refractivity (Wildman–Crippen MR) is 85.7 cm³/mol. The Balaban J connectivity index is 1.92. The Morgan fingerprint density at radius 2 is 2.30 bits per heavy atom. The number of unbranched alkanes of at least 4 members (excludes halogenated alkanes) is 1. The van der Waals surface area contributed by atoms with Crippen molar-refractivity contribution in [3.05, 3.63) is 18.2 Å². The molecule has 1 atom stereocenters. The normalized spacial score (nSPS) is 12.8. The number of H-pyrrole nitrogens is 1. The van der Waals surface area contributed by atoms with Crippen LogP contribution in [-0.4, -0.2) is 35.4 Å². The van der Waals surface area contributed by atoms with Crippen molar-refractivity contribution in [2.45, 2.75) is 37.1 Å². The molecule has 1 aromatic heterocycles. The van der Waals surface area contributed by atoms with Crippen molar-refractivity contribution in [3.63, 3.8) is 0 Å². The Kier molecular flexibility index (Phi) is 5.73. The molecule has 0 fully saturated rings. The summed E-state index contributed by atoms with van der Waals surface area (Å²) < 4.78 is 5.22. The fourth-order valence-electron chi connectivity index (χ4n) is 1.99. The van der Waals surface area contributed by atoms with Gasteiger partial charge in [0.15, 0.2) is 5.16 Å². The van der Waals surface area contributed by atoms with Gasteiger partial charge in [0.25, 0.3) is 0 Å². The van der Waals surface area contributed by atoms with E-state index in [1.165, 1.54) is 12.8 Å². The Bertz CT molecular complexity index is 541. The van der Waals surface area contributed by atoms with Gasteiger partial charge in [-0.1, -0.05) is 32.0 Å². The quantitative estimate of drug-likeness (QED) is 0.578. The summed E-state index contributed by atoms with van der Waals surface area (Å²) in [7, 11) is 1.68. The maximum atomic E-state index is 5.22. The lowest BCUT2D eigenvalue weighted by Gasteiger charge is -2.10. The van der Waals surface area contributed by atoms with Crippen LogP contribution in [0, 0.1) is 0 Å². The van der Waals surface area contributed by atoms with E-state index in [9.17, 15) is 0 Å². The van der Waals surface area contributed by atoms with Gasteiger partial charge in [-0.25, -0.2) is 4.98 Å². The van der Waals surface area contributed by atoms with E-state index in [-0.39, 0.29) is 0 Å². The number of hydrogen-bond acceptors (Lipinski definition) is 4. The third kappa shape index (κ3) is 4.15.